The standard InChI is InChI=1S/C38H30F2O4/c1-25(2)37(41)43-33-21-13-29(14-22-33)10-7-27-5-8-28(9-6-27)11-17-31-19-20-32(36(40)35(31)39)18-12-30-15-23-34(24-16-30)44-38(42)26(3)4/h5-24H,1,3H2,2,4H3. The molecule has 0 heterocycles. The zero-order chi connectivity index (χ0) is 31.6. The summed E-state index contributed by atoms with van der Waals surface area (Å²) in [5.74, 6) is -2.06. The lowest BCUT2D eigenvalue weighted by Crippen LogP contribution is -2.07. The van der Waals surface area contributed by atoms with Crippen molar-refractivity contribution in [3.05, 3.63) is 154 Å². The lowest BCUT2D eigenvalue weighted by molar-refractivity contribution is -0.130. The van der Waals surface area contributed by atoms with Crippen molar-refractivity contribution in [2.45, 2.75) is 13.8 Å². The van der Waals surface area contributed by atoms with E-state index in [1.54, 1.807) is 62.4 Å². The predicted molar refractivity (Wildman–Crippen MR) is 173 cm³/mol. The number of rotatable bonds is 10. The van der Waals surface area contributed by atoms with Crippen molar-refractivity contribution < 1.29 is 27.8 Å². The van der Waals surface area contributed by atoms with Crippen LogP contribution in [0.3, 0.4) is 0 Å². The molecule has 4 aromatic carbocycles. The van der Waals surface area contributed by atoms with E-state index in [1.807, 2.05) is 48.6 Å². The van der Waals surface area contributed by atoms with Crippen LogP contribution in [0.25, 0.3) is 36.5 Å². The van der Waals surface area contributed by atoms with Crippen molar-refractivity contribution in [2.24, 2.45) is 0 Å². The number of hydrogen-bond donors (Lipinski definition) is 0. The lowest BCUT2D eigenvalue weighted by Gasteiger charge is -2.04. The summed E-state index contributed by atoms with van der Waals surface area (Å²) < 4.78 is 40.0. The summed E-state index contributed by atoms with van der Waals surface area (Å²) in [6.45, 7) is 10.3. The Labute approximate surface area is 255 Å². The van der Waals surface area contributed by atoms with Crippen LogP contribution in [0.1, 0.15) is 47.2 Å². The molecule has 0 aromatic heterocycles. The van der Waals surface area contributed by atoms with Gasteiger partial charge in [-0.05, 0) is 60.4 Å². The molecule has 0 aliphatic heterocycles. The van der Waals surface area contributed by atoms with Crippen molar-refractivity contribution in [1.29, 1.82) is 0 Å². The van der Waals surface area contributed by atoms with E-state index in [1.165, 1.54) is 24.3 Å². The fourth-order valence-electron chi connectivity index (χ4n) is 3.80. The van der Waals surface area contributed by atoms with Gasteiger partial charge in [0.1, 0.15) is 11.5 Å². The summed E-state index contributed by atoms with van der Waals surface area (Å²) in [6, 6.07) is 24.4. The Kier molecular flexibility index (Phi) is 10.3. The van der Waals surface area contributed by atoms with E-state index in [9.17, 15) is 18.4 Å². The maximum absolute atomic E-state index is 14.8. The fraction of sp³-hybridized carbons (Fsp3) is 0.0526. The van der Waals surface area contributed by atoms with Crippen LogP contribution in [0.4, 0.5) is 8.78 Å². The van der Waals surface area contributed by atoms with Crippen molar-refractivity contribution >= 4 is 48.4 Å². The number of hydrogen-bond acceptors (Lipinski definition) is 4. The number of esters is 2. The van der Waals surface area contributed by atoms with Gasteiger partial charge >= 0.3 is 11.9 Å². The highest BCUT2D eigenvalue weighted by molar-refractivity contribution is 5.89. The minimum atomic E-state index is -0.946. The first-order valence-electron chi connectivity index (χ1n) is 13.7. The molecule has 0 bridgehead atoms. The zero-order valence-corrected chi connectivity index (χ0v) is 24.4. The molecule has 0 saturated carbocycles. The average molecular weight is 589 g/mol. The van der Waals surface area contributed by atoms with Crippen molar-refractivity contribution in [2.75, 3.05) is 0 Å². The predicted octanol–water partition coefficient (Wildman–Crippen LogP) is 9.44. The Balaban J connectivity index is 1.36. The van der Waals surface area contributed by atoms with Gasteiger partial charge in [-0.2, -0.15) is 0 Å². The topological polar surface area (TPSA) is 52.6 Å². The third-order valence-corrected chi connectivity index (χ3v) is 6.34. The second kappa shape index (κ2) is 14.5. The molecule has 0 fully saturated rings. The summed E-state index contributed by atoms with van der Waals surface area (Å²) in [6.07, 6.45) is 10.2. The SMILES string of the molecule is C=C(C)C(=O)Oc1ccc(C=Cc2ccc(C=Cc3ccc(C=Cc4ccc(OC(=O)C(=C)C)cc4)c(F)c3F)cc2)cc1. The van der Waals surface area contributed by atoms with Crippen LogP contribution in [0, 0.1) is 11.6 Å². The molecule has 4 rings (SSSR count). The Morgan fingerprint density at radius 3 is 1.07 bits per heavy atom. The number of ether oxygens (including phenoxy) is 2. The summed E-state index contributed by atoms with van der Waals surface area (Å²) >= 11 is 0. The number of carbonyl (C=O) groups excluding carboxylic acids is 2. The quantitative estimate of drug-likeness (QED) is 0.0802. The van der Waals surface area contributed by atoms with E-state index in [0.29, 0.717) is 17.1 Å². The van der Waals surface area contributed by atoms with Crippen molar-refractivity contribution in [3.8, 4) is 11.5 Å². The number of benzene rings is 4. The van der Waals surface area contributed by atoms with E-state index in [2.05, 4.69) is 13.2 Å². The van der Waals surface area contributed by atoms with Gasteiger partial charge in [0.2, 0.25) is 0 Å². The van der Waals surface area contributed by atoms with E-state index in [0.717, 1.165) is 22.3 Å². The molecule has 4 nitrogen and oxygen atoms in total. The highest BCUT2D eigenvalue weighted by Gasteiger charge is 2.10. The van der Waals surface area contributed by atoms with Crippen molar-refractivity contribution in [1.82, 2.24) is 0 Å². The molecule has 220 valence electrons. The molecular formula is C38H30F2O4. The van der Waals surface area contributed by atoms with Gasteiger partial charge in [-0.15, -0.1) is 0 Å². The normalized spacial score (nSPS) is 11.3. The smallest absolute Gasteiger partial charge is 0.338 e. The van der Waals surface area contributed by atoms with Crippen LogP contribution < -0.4 is 9.47 Å². The summed E-state index contributed by atoms with van der Waals surface area (Å²) in [5.41, 5.74) is 4.29. The molecule has 0 spiro atoms. The molecular weight excluding hydrogens is 558 g/mol. The second-order valence-corrected chi connectivity index (χ2v) is 10.0. The summed E-state index contributed by atoms with van der Waals surface area (Å²) in [4.78, 5) is 23.3. The highest BCUT2D eigenvalue weighted by atomic mass is 19.2. The monoisotopic (exact) mass is 588 g/mol. The van der Waals surface area contributed by atoms with E-state index in [4.69, 9.17) is 9.47 Å². The van der Waals surface area contributed by atoms with Gasteiger partial charge in [-0.25, -0.2) is 18.4 Å². The first-order chi connectivity index (χ1) is 21.1. The maximum atomic E-state index is 14.8. The second-order valence-electron chi connectivity index (χ2n) is 10.0. The van der Waals surface area contributed by atoms with Crippen molar-refractivity contribution in [3.63, 3.8) is 0 Å². The largest absolute Gasteiger partial charge is 0.423 e. The number of carbonyl (C=O) groups is 2. The number of halogens is 2. The van der Waals surface area contributed by atoms with Crippen LogP contribution in [-0.4, -0.2) is 11.9 Å². The molecule has 0 radical (unpaired) electrons. The third kappa shape index (κ3) is 8.69. The van der Waals surface area contributed by atoms with Crippen LogP contribution >= 0.6 is 0 Å². The van der Waals surface area contributed by atoms with Gasteiger partial charge in [0, 0.05) is 22.3 Å². The first kappa shape index (κ1) is 31.3. The van der Waals surface area contributed by atoms with Crippen LogP contribution in [-0.2, 0) is 9.59 Å². The molecule has 0 unspecified atom stereocenters. The average Bonchev–Trinajstić information content (AvgIpc) is 3.02. The van der Waals surface area contributed by atoms with Gasteiger partial charge in [0.15, 0.2) is 11.6 Å². The van der Waals surface area contributed by atoms with Gasteiger partial charge < -0.3 is 9.47 Å². The highest BCUT2D eigenvalue weighted by Crippen LogP contribution is 2.22. The Bertz CT molecular complexity index is 1780. The Morgan fingerprint density at radius 2 is 0.773 bits per heavy atom. The molecule has 44 heavy (non-hydrogen) atoms. The fourth-order valence-corrected chi connectivity index (χ4v) is 3.80. The lowest BCUT2D eigenvalue weighted by atomic mass is 10.1. The molecule has 0 aliphatic rings. The van der Waals surface area contributed by atoms with Gasteiger partial charge in [-0.1, -0.05) is 110 Å². The first-order valence-corrected chi connectivity index (χ1v) is 13.7. The zero-order valence-electron chi connectivity index (χ0n) is 24.4. The van der Waals surface area contributed by atoms with Gasteiger partial charge in [-0.3, -0.25) is 0 Å². The summed E-state index contributed by atoms with van der Waals surface area (Å²) in [7, 11) is 0. The van der Waals surface area contributed by atoms with Crippen LogP contribution in [0.15, 0.2) is 109 Å². The summed E-state index contributed by atoms with van der Waals surface area (Å²) in [5, 5.41) is 0. The van der Waals surface area contributed by atoms with E-state index >= 15 is 0 Å². The third-order valence-electron chi connectivity index (χ3n) is 6.34. The molecule has 0 N–H and O–H groups in total. The van der Waals surface area contributed by atoms with E-state index in [-0.39, 0.29) is 16.7 Å². The Morgan fingerprint density at radius 1 is 0.500 bits per heavy atom. The molecule has 0 amide bonds. The molecule has 4 aromatic rings. The minimum absolute atomic E-state index is 0.107. The molecule has 0 saturated heterocycles. The van der Waals surface area contributed by atoms with Gasteiger partial charge in [0.05, 0.1) is 0 Å². The molecule has 6 heteroatoms. The molecule has 0 atom stereocenters. The Hall–Kier alpha value is -5.62. The maximum Gasteiger partial charge on any atom is 0.338 e. The van der Waals surface area contributed by atoms with E-state index < -0.39 is 23.6 Å². The van der Waals surface area contributed by atoms with Crippen LogP contribution in [0.5, 0.6) is 11.5 Å². The van der Waals surface area contributed by atoms with Crippen LogP contribution in [0.2, 0.25) is 0 Å². The van der Waals surface area contributed by atoms with Gasteiger partial charge in [0.25, 0.3) is 0 Å². The minimum Gasteiger partial charge on any atom is -0.423 e. The molecule has 0 aliphatic carbocycles.